The van der Waals surface area contributed by atoms with Crippen LogP contribution in [0.4, 0.5) is 0 Å². The van der Waals surface area contributed by atoms with Gasteiger partial charge in [0.1, 0.15) is 5.52 Å². The summed E-state index contributed by atoms with van der Waals surface area (Å²) in [5, 5.41) is 4.04. The van der Waals surface area contributed by atoms with E-state index in [-0.39, 0.29) is 0 Å². The molecule has 0 bridgehead atoms. The maximum absolute atomic E-state index is 6.19. The first-order valence-electron chi connectivity index (χ1n) is 14.7. The standard InChI is InChI=1S/C38H34N2O2/c1-4-12-32(13-5-1)38(33-14-6-2-7-15-33,34-16-8-3-9-17-34)39-25-30-24-31(30)27-41-26-28-20-22-29(23-21-28)37-40-35-18-10-11-19-36(35)42-37/h1-23,30-31,39H,24-27H2/t30-,31-/m0/s1. The molecule has 5 aromatic carbocycles. The first kappa shape index (κ1) is 26.4. The Hall–Kier alpha value is -4.51. The Labute approximate surface area is 247 Å². The molecule has 2 atom stereocenters. The third-order valence-corrected chi connectivity index (χ3v) is 8.41. The number of ether oxygens (including phenoxy) is 1. The van der Waals surface area contributed by atoms with Crippen LogP contribution < -0.4 is 5.32 Å². The summed E-state index contributed by atoms with van der Waals surface area (Å²) in [7, 11) is 0. The number of hydrogen-bond acceptors (Lipinski definition) is 4. The van der Waals surface area contributed by atoms with Crippen molar-refractivity contribution >= 4 is 11.1 Å². The first-order chi connectivity index (χ1) is 20.8. The van der Waals surface area contributed by atoms with E-state index in [0.29, 0.717) is 24.3 Å². The van der Waals surface area contributed by atoms with Gasteiger partial charge in [0.25, 0.3) is 0 Å². The summed E-state index contributed by atoms with van der Waals surface area (Å²) in [5.41, 5.74) is 7.13. The molecule has 208 valence electrons. The van der Waals surface area contributed by atoms with Crippen molar-refractivity contribution in [1.82, 2.24) is 10.3 Å². The Morgan fingerprint density at radius 1 is 0.667 bits per heavy atom. The predicted molar refractivity (Wildman–Crippen MR) is 168 cm³/mol. The van der Waals surface area contributed by atoms with Crippen LogP contribution in [0.3, 0.4) is 0 Å². The molecule has 0 aliphatic heterocycles. The fourth-order valence-corrected chi connectivity index (χ4v) is 5.99. The van der Waals surface area contributed by atoms with Crippen LogP contribution in [0, 0.1) is 11.8 Å². The predicted octanol–water partition coefficient (Wildman–Crippen LogP) is 8.23. The topological polar surface area (TPSA) is 47.3 Å². The fraction of sp³-hybridized carbons (Fsp3) is 0.184. The third kappa shape index (κ3) is 5.39. The van der Waals surface area contributed by atoms with Gasteiger partial charge in [0.15, 0.2) is 5.58 Å². The third-order valence-electron chi connectivity index (χ3n) is 8.41. The SMILES string of the molecule is c1ccc(C(NC[C@@H]2C[C@H]2COCc2ccc(-c3nc4ccccc4o3)cc2)(c2ccccc2)c2ccccc2)cc1. The average molecular weight is 551 g/mol. The molecule has 4 heteroatoms. The molecule has 0 saturated heterocycles. The molecule has 7 rings (SSSR count). The van der Waals surface area contributed by atoms with Gasteiger partial charge in [0, 0.05) is 5.56 Å². The van der Waals surface area contributed by atoms with Crippen LogP contribution in [0.2, 0.25) is 0 Å². The van der Waals surface area contributed by atoms with E-state index in [4.69, 9.17) is 9.15 Å². The van der Waals surface area contributed by atoms with E-state index < -0.39 is 5.54 Å². The van der Waals surface area contributed by atoms with Gasteiger partial charge in [0.2, 0.25) is 5.89 Å². The number of nitrogens with one attached hydrogen (secondary N) is 1. The van der Waals surface area contributed by atoms with Gasteiger partial charge in [-0.1, -0.05) is 115 Å². The van der Waals surface area contributed by atoms with Crippen molar-refractivity contribution in [2.45, 2.75) is 18.6 Å². The fourth-order valence-electron chi connectivity index (χ4n) is 5.99. The van der Waals surface area contributed by atoms with E-state index in [1.807, 2.05) is 24.3 Å². The average Bonchev–Trinajstić information content (AvgIpc) is 3.66. The summed E-state index contributed by atoms with van der Waals surface area (Å²) in [4.78, 5) is 4.60. The molecular weight excluding hydrogens is 516 g/mol. The molecule has 1 N–H and O–H groups in total. The molecule has 6 aromatic rings. The van der Waals surface area contributed by atoms with Gasteiger partial charge in [-0.05, 0) is 71.3 Å². The van der Waals surface area contributed by atoms with E-state index in [1.54, 1.807) is 0 Å². The highest BCUT2D eigenvalue weighted by Crippen LogP contribution is 2.42. The molecule has 1 aromatic heterocycles. The lowest BCUT2D eigenvalue weighted by Gasteiger charge is -2.37. The highest BCUT2D eigenvalue weighted by molar-refractivity contribution is 5.76. The maximum Gasteiger partial charge on any atom is 0.227 e. The number of nitrogens with zero attached hydrogens (tertiary/aromatic N) is 1. The molecule has 1 fully saturated rings. The van der Waals surface area contributed by atoms with E-state index in [2.05, 4.69) is 126 Å². The van der Waals surface area contributed by atoms with Gasteiger partial charge in [-0.25, -0.2) is 4.98 Å². The van der Waals surface area contributed by atoms with Crippen molar-refractivity contribution in [3.05, 3.63) is 162 Å². The number of fused-ring (bicyclic) bond motifs is 1. The number of benzene rings is 5. The minimum absolute atomic E-state index is 0.422. The summed E-state index contributed by atoms with van der Waals surface area (Å²) in [6.45, 7) is 2.30. The summed E-state index contributed by atoms with van der Waals surface area (Å²) >= 11 is 0. The molecule has 0 spiro atoms. The zero-order chi connectivity index (χ0) is 28.2. The molecule has 0 amide bonds. The summed E-state index contributed by atoms with van der Waals surface area (Å²) in [6, 6.07) is 48.6. The second-order valence-corrected chi connectivity index (χ2v) is 11.2. The molecular formula is C38H34N2O2. The van der Waals surface area contributed by atoms with Gasteiger partial charge >= 0.3 is 0 Å². The lowest BCUT2D eigenvalue weighted by atomic mass is 9.77. The second-order valence-electron chi connectivity index (χ2n) is 11.2. The van der Waals surface area contributed by atoms with Crippen LogP contribution >= 0.6 is 0 Å². The summed E-state index contributed by atoms with van der Waals surface area (Å²) in [6.07, 6.45) is 1.18. The zero-order valence-electron chi connectivity index (χ0n) is 23.5. The number of aromatic nitrogens is 1. The smallest absolute Gasteiger partial charge is 0.227 e. The van der Waals surface area contributed by atoms with E-state index in [1.165, 1.54) is 23.1 Å². The Kier molecular flexibility index (Phi) is 7.40. The summed E-state index contributed by atoms with van der Waals surface area (Å²) in [5.74, 6) is 1.80. The minimum Gasteiger partial charge on any atom is -0.436 e. The summed E-state index contributed by atoms with van der Waals surface area (Å²) < 4.78 is 12.1. The maximum atomic E-state index is 6.19. The molecule has 1 saturated carbocycles. The van der Waals surface area contributed by atoms with Crippen molar-refractivity contribution in [2.75, 3.05) is 13.2 Å². The molecule has 1 aliphatic carbocycles. The molecule has 0 radical (unpaired) electrons. The molecule has 42 heavy (non-hydrogen) atoms. The number of oxazole rings is 1. The van der Waals surface area contributed by atoms with Crippen molar-refractivity contribution < 1.29 is 9.15 Å². The van der Waals surface area contributed by atoms with Crippen LogP contribution in [-0.2, 0) is 16.9 Å². The van der Waals surface area contributed by atoms with Crippen molar-refractivity contribution in [3.63, 3.8) is 0 Å². The zero-order valence-corrected chi connectivity index (χ0v) is 23.5. The number of rotatable bonds is 11. The number of hydrogen-bond donors (Lipinski definition) is 1. The molecule has 4 nitrogen and oxygen atoms in total. The van der Waals surface area contributed by atoms with Crippen LogP contribution in [0.25, 0.3) is 22.6 Å². The minimum atomic E-state index is -0.422. The second kappa shape index (κ2) is 11.8. The van der Waals surface area contributed by atoms with Crippen molar-refractivity contribution in [1.29, 1.82) is 0 Å². The Bertz CT molecular complexity index is 1600. The van der Waals surface area contributed by atoms with Crippen LogP contribution in [0.5, 0.6) is 0 Å². The Balaban J connectivity index is 0.992. The highest BCUT2D eigenvalue weighted by Gasteiger charge is 2.41. The van der Waals surface area contributed by atoms with Gasteiger partial charge in [-0.2, -0.15) is 0 Å². The Morgan fingerprint density at radius 2 is 1.24 bits per heavy atom. The monoisotopic (exact) mass is 550 g/mol. The molecule has 0 unspecified atom stereocenters. The van der Waals surface area contributed by atoms with E-state index >= 15 is 0 Å². The van der Waals surface area contributed by atoms with Crippen molar-refractivity contribution in [3.8, 4) is 11.5 Å². The van der Waals surface area contributed by atoms with Gasteiger partial charge in [-0.15, -0.1) is 0 Å². The van der Waals surface area contributed by atoms with E-state index in [0.717, 1.165) is 35.4 Å². The normalized spacial score (nSPS) is 16.5. The van der Waals surface area contributed by atoms with Gasteiger partial charge in [0.05, 0.1) is 18.8 Å². The van der Waals surface area contributed by atoms with Crippen LogP contribution in [0.15, 0.2) is 144 Å². The van der Waals surface area contributed by atoms with Crippen LogP contribution in [-0.4, -0.2) is 18.1 Å². The lowest BCUT2D eigenvalue weighted by molar-refractivity contribution is 0.107. The Morgan fingerprint density at radius 3 is 1.83 bits per heavy atom. The molecule has 1 aliphatic rings. The first-order valence-corrected chi connectivity index (χ1v) is 14.7. The van der Waals surface area contributed by atoms with Crippen molar-refractivity contribution in [2.24, 2.45) is 11.8 Å². The van der Waals surface area contributed by atoms with E-state index in [9.17, 15) is 0 Å². The quantitative estimate of drug-likeness (QED) is 0.165. The van der Waals surface area contributed by atoms with Gasteiger partial charge < -0.3 is 9.15 Å². The largest absolute Gasteiger partial charge is 0.436 e. The van der Waals surface area contributed by atoms with Crippen LogP contribution in [0.1, 0.15) is 28.7 Å². The lowest BCUT2D eigenvalue weighted by Crippen LogP contribution is -2.45. The van der Waals surface area contributed by atoms with Gasteiger partial charge in [-0.3, -0.25) is 5.32 Å². The highest BCUT2D eigenvalue weighted by atomic mass is 16.5. The number of para-hydroxylation sites is 2. The molecule has 1 heterocycles.